The van der Waals surface area contributed by atoms with E-state index in [1.807, 2.05) is 4.90 Å². The number of β-amino-alcohol motifs (C(OH)–C–C–N with tert-alkyl or cyclic N) is 2. The Bertz CT molecular complexity index is 1530. The summed E-state index contributed by atoms with van der Waals surface area (Å²) in [5, 5.41) is 123. The number of carboxylic acids is 5. The number of hydrogen-bond donors (Lipinski definition) is 12. The Morgan fingerprint density at radius 3 is 0.899 bits per heavy atom. The first-order chi connectivity index (χ1) is 32.6. The zero-order chi connectivity index (χ0) is 51.6. The molecule has 28 heteroatoms. The van der Waals surface area contributed by atoms with Gasteiger partial charge in [-0.3, -0.25) is 72.9 Å². The fraction of sp³-hybridized carbons (Fsp3) is 0.854. The highest BCUT2D eigenvalue weighted by molar-refractivity contribution is 5.71. The third-order valence-corrected chi connectivity index (χ3v) is 11.9. The number of carboxylic acid groups (broad SMARTS) is 5. The highest BCUT2D eigenvalue weighted by Crippen LogP contribution is 2.11. The Morgan fingerprint density at radius 1 is 0.406 bits per heavy atom. The van der Waals surface area contributed by atoms with E-state index in [1.54, 1.807) is 34.3 Å². The van der Waals surface area contributed by atoms with Crippen molar-refractivity contribution in [1.29, 1.82) is 0 Å². The molecule has 12 N–H and O–H groups in total. The molecule has 2 aliphatic heterocycles. The van der Waals surface area contributed by atoms with Crippen LogP contribution in [-0.2, 0) is 33.5 Å². The van der Waals surface area contributed by atoms with Crippen LogP contribution in [0.25, 0.3) is 0 Å². The molecular formula is C41H77N9O19. The molecule has 2 fully saturated rings. The molecule has 2 aliphatic rings. The zero-order valence-corrected chi connectivity index (χ0v) is 39.5. The van der Waals surface area contributed by atoms with Gasteiger partial charge in [0, 0.05) is 137 Å². The first kappa shape index (κ1) is 61.3. The first-order valence-corrected chi connectivity index (χ1v) is 22.9. The van der Waals surface area contributed by atoms with Crippen LogP contribution in [0.2, 0.25) is 0 Å². The summed E-state index contributed by atoms with van der Waals surface area (Å²) < 4.78 is 4.87. The highest BCUT2D eigenvalue weighted by atomic mass is 16.5. The maximum Gasteiger partial charge on any atom is 0.319 e. The summed E-state index contributed by atoms with van der Waals surface area (Å²) in [6, 6.07) is 0. The number of methoxy groups -OCH3 is 1. The molecule has 0 radical (unpaired) electrons. The molecule has 0 bridgehead atoms. The van der Waals surface area contributed by atoms with Crippen molar-refractivity contribution < 1.29 is 94.8 Å². The lowest BCUT2D eigenvalue weighted by molar-refractivity contribution is -0.142. The van der Waals surface area contributed by atoms with Crippen molar-refractivity contribution >= 4 is 35.8 Å². The molecule has 28 nitrogen and oxygen atoms in total. The van der Waals surface area contributed by atoms with Gasteiger partial charge in [-0.05, 0) is 0 Å². The number of ether oxygens (including phenoxy) is 1. The molecule has 69 heavy (non-hydrogen) atoms. The third-order valence-electron chi connectivity index (χ3n) is 11.9. The van der Waals surface area contributed by atoms with Crippen LogP contribution in [0.5, 0.6) is 0 Å². The molecule has 0 saturated carbocycles. The molecule has 0 aromatic rings. The van der Waals surface area contributed by atoms with Gasteiger partial charge in [0.05, 0.1) is 71.3 Å². The van der Waals surface area contributed by atoms with Gasteiger partial charge in [0.25, 0.3) is 0 Å². The average Bonchev–Trinajstić information content (AvgIpc) is 3.26. The largest absolute Gasteiger partial charge is 0.480 e. The van der Waals surface area contributed by atoms with Gasteiger partial charge in [0.15, 0.2) is 0 Å². The minimum atomic E-state index is -1.99. The summed E-state index contributed by atoms with van der Waals surface area (Å²) in [5.74, 6) is -6.07. The maximum atomic E-state index is 12.4. The SMILES string of the molecule is COC(=O)CN1CCN(CC(=O)O)CCN(CC(=O)O)CCN(CC(O)CN(CC(O)CN2CCN(CC(=O)O)CCN(CC(=O)O)CCN(CC(=O)O)CC2)CC(O)C(O)C(O)C(O)CO)CC1. The Hall–Kier alpha value is -3.82. The second kappa shape index (κ2) is 32.9. The lowest BCUT2D eigenvalue weighted by Crippen LogP contribution is -2.54. The highest BCUT2D eigenvalue weighted by Gasteiger charge is 2.33. The third kappa shape index (κ3) is 26.8. The monoisotopic (exact) mass is 1000 g/mol. The van der Waals surface area contributed by atoms with E-state index in [9.17, 15) is 90.0 Å². The van der Waals surface area contributed by atoms with Gasteiger partial charge >= 0.3 is 35.8 Å². The van der Waals surface area contributed by atoms with Crippen LogP contribution in [-0.4, -0.2) is 368 Å². The number of aliphatic hydroxyl groups is 7. The number of carbonyl (C=O) groups excluding carboxylic acids is 1. The van der Waals surface area contributed by atoms with Crippen LogP contribution in [0.3, 0.4) is 0 Å². The molecule has 0 spiro atoms. The standard InChI is InChI=1S/C41H77N9O19/c1-69-39(66)28-49-16-5-43(4-8-46(25-36(60)61)11-14-48(15-17-49)27-38(64)65)19-31(53)21-50(22-32(54)40(67)41(68)33(55)29-51)20-30(52)18-42-2-6-44(23-34(56)57)9-12-47(26-37(62)63)13-10-45(7-3-42)24-35(58)59/h30-33,40-41,51-55,67-68H,2-29H2,1H3,(H,56,57)(H,58,59)(H,60,61)(H,62,63)(H,64,65). The van der Waals surface area contributed by atoms with Crippen molar-refractivity contribution in [3.05, 3.63) is 0 Å². The van der Waals surface area contributed by atoms with Crippen molar-refractivity contribution in [2.24, 2.45) is 0 Å². The summed E-state index contributed by atoms with van der Waals surface area (Å²) in [4.78, 5) is 85.8. The smallest absolute Gasteiger partial charge is 0.319 e. The molecule has 0 amide bonds. The van der Waals surface area contributed by atoms with Crippen molar-refractivity contribution in [2.45, 2.75) is 36.6 Å². The van der Waals surface area contributed by atoms with Crippen molar-refractivity contribution in [3.63, 3.8) is 0 Å². The van der Waals surface area contributed by atoms with Crippen LogP contribution < -0.4 is 0 Å². The number of aliphatic hydroxyl groups excluding tert-OH is 7. The van der Waals surface area contributed by atoms with E-state index in [2.05, 4.69) is 0 Å². The molecule has 2 heterocycles. The fourth-order valence-corrected chi connectivity index (χ4v) is 8.14. The van der Waals surface area contributed by atoms with Crippen molar-refractivity contribution in [1.82, 2.24) is 44.1 Å². The van der Waals surface area contributed by atoms with E-state index in [0.29, 0.717) is 0 Å². The van der Waals surface area contributed by atoms with Crippen LogP contribution in [0.4, 0.5) is 0 Å². The minimum Gasteiger partial charge on any atom is -0.480 e. The summed E-state index contributed by atoms with van der Waals surface area (Å²) in [6.07, 6.45) is -10.1. The van der Waals surface area contributed by atoms with Gasteiger partial charge in [-0.1, -0.05) is 0 Å². The van der Waals surface area contributed by atoms with E-state index < -0.39 is 85.6 Å². The Morgan fingerprint density at radius 2 is 0.652 bits per heavy atom. The normalized spacial score (nSPS) is 21.3. The van der Waals surface area contributed by atoms with Crippen LogP contribution in [0, 0.1) is 0 Å². The molecule has 6 atom stereocenters. The number of esters is 1. The molecule has 2 saturated heterocycles. The summed E-state index contributed by atoms with van der Waals surface area (Å²) in [6.45, 7) is -0.889. The Kier molecular flexibility index (Phi) is 29.3. The maximum absolute atomic E-state index is 12.4. The van der Waals surface area contributed by atoms with Crippen LogP contribution >= 0.6 is 0 Å². The van der Waals surface area contributed by atoms with Gasteiger partial charge in [-0.15, -0.1) is 0 Å². The quantitative estimate of drug-likeness (QED) is 0.0358. The van der Waals surface area contributed by atoms with Crippen molar-refractivity contribution in [2.75, 3.05) is 190 Å². The molecule has 400 valence electrons. The van der Waals surface area contributed by atoms with Gasteiger partial charge < -0.3 is 66.0 Å². The van der Waals surface area contributed by atoms with Gasteiger partial charge in [0.1, 0.15) is 18.3 Å². The van der Waals surface area contributed by atoms with Crippen LogP contribution in [0.1, 0.15) is 0 Å². The molecule has 2 rings (SSSR count). The Labute approximate surface area is 401 Å². The number of hydrogen-bond acceptors (Lipinski definition) is 23. The second-order valence-electron chi connectivity index (χ2n) is 17.6. The average molecular weight is 1000 g/mol. The summed E-state index contributed by atoms with van der Waals surface area (Å²) in [7, 11) is 1.23. The summed E-state index contributed by atoms with van der Waals surface area (Å²) >= 11 is 0. The van der Waals surface area contributed by atoms with Gasteiger partial charge in [-0.2, -0.15) is 0 Å². The second-order valence-corrected chi connectivity index (χ2v) is 17.6. The summed E-state index contributed by atoms with van der Waals surface area (Å²) in [5.41, 5.74) is 0. The molecule has 0 aromatic carbocycles. The van der Waals surface area contributed by atoms with Crippen molar-refractivity contribution in [3.8, 4) is 0 Å². The predicted octanol–water partition coefficient (Wildman–Crippen LogP) is -8.51. The molecule has 0 aliphatic carbocycles. The number of carbonyl (C=O) groups is 6. The first-order valence-electron chi connectivity index (χ1n) is 22.9. The van der Waals surface area contributed by atoms with Gasteiger partial charge in [0.2, 0.25) is 0 Å². The molecule has 6 unspecified atom stereocenters. The van der Waals surface area contributed by atoms with Crippen LogP contribution in [0.15, 0.2) is 0 Å². The lowest BCUT2D eigenvalue weighted by Gasteiger charge is -2.36. The van der Waals surface area contributed by atoms with E-state index in [1.165, 1.54) is 12.0 Å². The van der Waals surface area contributed by atoms with E-state index in [4.69, 9.17) is 4.74 Å². The van der Waals surface area contributed by atoms with E-state index in [-0.39, 0.29) is 170 Å². The number of nitrogens with zero attached hydrogens (tertiary/aromatic N) is 9. The lowest BCUT2D eigenvalue weighted by atomic mass is 10.0. The number of aliphatic carboxylic acids is 5. The van der Waals surface area contributed by atoms with E-state index in [0.717, 1.165) is 0 Å². The predicted molar refractivity (Wildman–Crippen MR) is 241 cm³/mol. The van der Waals surface area contributed by atoms with E-state index >= 15 is 0 Å². The Balaban J connectivity index is 2.40. The molecular weight excluding hydrogens is 922 g/mol. The molecule has 0 aromatic heterocycles. The zero-order valence-electron chi connectivity index (χ0n) is 39.5. The number of rotatable bonds is 26. The minimum absolute atomic E-state index is 0.0654. The fourth-order valence-electron chi connectivity index (χ4n) is 8.14. The topological polar surface area (TPSA) is 384 Å². The van der Waals surface area contributed by atoms with Gasteiger partial charge in [-0.25, -0.2) is 0 Å².